The zero-order valence-corrected chi connectivity index (χ0v) is 17.0. The molecule has 4 rings (SSSR count). The van der Waals surface area contributed by atoms with E-state index >= 15 is 0 Å². The predicted molar refractivity (Wildman–Crippen MR) is 121 cm³/mol. The first-order valence-corrected chi connectivity index (χ1v) is 9.72. The number of carbonyl (C=O) groups is 2. The van der Waals surface area contributed by atoms with Gasteiger partial charge in [-0.1, -0.05) is 0 Å². The van der Waals surface area contributed by atoms with Gasteiger partial charge in [0.1, 0.15) is 11.5 Å². The average molecular weight is 444 g/mol. The molecule has 0 aliphatic heterocycles. The molecule has 0 bridgehead atoms. The fourth-order valence-electron chi connectivity index (χ4n) is 3.07. The number of aromatic carboxylic acids is 2. The van der Waals surface area contributed by atoms with Crippen LogP contribution in [-0.2, 0) is 0 Å². The molecule has 3 N–H and O–H groups in total. The molecule has 1 aromatic heterocycles. The van der Waals surface area contributed by atoms with Crippen LogP contribution in [0.1, 0.15) is 26.3 Å². The summed E-state index contributed by atoms with van der Waals surface area (Å²) < 4.78 is 15.0. The lowest BCUT2D eigenvalue weighted by molar-refractivity contribution is 0.0686. The quantitative estimate of drug-likeness (QED) is 0.285. The van der Waals surface area contributed by atoms with Gasteiger partial charge in [0.15, 0.2) is 0 Å². The summed E-state index contributed by atoms with van der Waals surface area (Å²) in [6.45, 7) is 0. The number of rotatable bonds is 7. The molecular weight excluding hydrogens is 427 g/mol. The van der Waals surface area contributed by atoms with Crippen molar-refractivity contribution >= 4 is 23.8 Å². The Morgan fingerprint density at radius 2 is 1.45 bits per heavy atom. The van der Waals surface area contributed by atoms with Gasteiger partial charge in [0.05, 0.1) is 28.7 Å². The van der Waals surface area contributed by atoms with E-state index in [0.717, 1.165) is 0 Å². The van der Waals surface area contributed by atoms with Gasteiger partial charge >= 0.3 is 11.9 Å². The van der Waals surface area contributed by atoms with E-state index in [1.807, 2.05) is 0 Å². The third-order valence-corrected chi connectivity index (χ3v) is 4.77. The highest BCUT2D eigenvalue weighted by molar-refractivity contribution is 5.90. The predicted octanol–water partition coefficient (Wildman–Crippen LogP) is 4.52. The lowest BCUT2D eigenvalue weighted by Crippen LogP contribution is -1.99. The largest absolute Gasteiger partial charge is 0.478 e. The summed E-state index contributed by atoms with van der Waals surface area (Å²) in [5.74, 6) is -2.41. The van der Waals surface area contributed by atoms with Crippen molar-refractivity contribution in [1.29, 1.82) is 0 Å². The van der Waals surface area contributed by atoms with Crippen LogP contribution in [0.5, 0.6) is 0 Å². The van der Waals surface area contributed by atoms with Gasteiger partial charge in [-0.15, -0.1) is 0 Å². The number of hydrogen-bond acceptors (Lipinski definition) is 5. The maximum Gasteiger partial charge on any atom is 0.335 e. The molecule has 9 heteroatoms. The number of carboxylic acid groups (broad SMARTS) is 2. The number of carboxylic acids is 2. The van der Waals surface area contributed by atoms with E-state index in [1.165, 1.54) is 36.4 Å². The molecule has 8 nitrogen and oxygen atoms in total. The fourth-order valence-corrected chi connectivity index (χ4v) is 3.07. The van der Waals surface area contributed by atoms with Crippen LogP contribution in [0.3, 0.4) is 0 Å². The summed E-state index contributed by atoms with van der Waals surface area (Å²) in [5, 5.41) is 26.9. The highest BCUT2D eigenvalue weighted by Crippen LogP contribution is 2.23. The standard InChI is InChI=1S/C24H17FN4O4/c25-19-7-1-15(2-8-19)22-18(13-26-27-20-9-3-16(4-10-20)23(30)31)14-29(28-22)21-11-5-17(6-12-21)24(32)33/h1-14,27H,(H,30,31)(H,32,33)/b26-13+. The van der Waals surface area contributed by atoms with E-state index in [9.17, 15) is 14.0 Å². The Balaban J connectivity index is 1.64. The van der Waals surface area contributed by atoms with Crippen LogP contribution < -0.4 is 5.43 Å². The Bertz CT molecular complexity index is 1330. The maximum absolute atomic E-state index is 13.4. The summed E-state index contributed by atoms with van der Waals surface area (Å²) in [6.07, 6.45) is 3.26. The van der Waals surface area contributed by atoms with Crippen molar-refractivity contribution in [2.75, 3.05) is 5.43 Å². The Kier molecular flexibility index (Phi) is 5.94. The second kappa shape index (κ2) is 9.15. The monoisotopic (exact) mass is 444 g/mol. The summed E-state index contributed by atoms with van der Waals surface area (Å²) >= 11 is 0. The van der Waals surface area contributed by atoms with Gasteiger partial charge in [-0.25, -0.2) is 18.7 Å². The van der Waals surface area contributed by atoms with Gasteiger partial charge in [0, 0.05) is 17.3 Å². The van der Waals surface area contributed by atoms with Crippen molar-refractivity contribution in [2.45, 2.75) is 0 Å². The Morgan fingerprint density at radius 3 is 2.03 bits per heavy atom. The van der Waals surface area contributed by atoms with E-state index in [-0.39, 0.29) is 16.9 Å². The molecule has 0 unspecified atom stereocenters. The van der Waals surface area contributed by atoms with Crippen LogP contribution in [0.4, 0.5) is 10.1 Å². The zero-order chi connectivity index (χ0) is 23.4. The minimum atomic E-state index is -1.02. The van der Waals surface area contributed by atoms with Crippen molar-refractivity contribution in [1.82, 2.24) is 9.78 Å². The van der Waals surface area contributed by atoms with Crippen molar-refractivity contribution < 1.29 is 24.2 Å². The molecule has 0 saturated carbocycles. The number of anilines is 1. The van der Waals surface area contributed by atoms with Crippen molar-refractivity contribution in [3.05, 3.63) is 102 Å². The second-order valence-electron chi connectivity index (χ2n) is 6.99. The molecule has 33 heavy (non-hydrogen) atoms. The molecule has 3 aromatic carbocycles. The van der Waals surface area contributed by atoms with Crippen molar-refractivity contribution in [3.63, 3.8) is 0 Å². The van der Waals surface area contributed by atoms with Gasteiger partial charge in [-0.2, -0.15) is 10.2 Å². The van der Waals surface area contributed by atoms with E-state index in [4.69, 9.17) is 10.2 Å². The van der Waals surface area contributed by atoms with Crippen LogP contribution in [-0.4, -0.2) is 38.1 Å². The zero-order valence-electron chi connectivity index (χ0n) is 17.0. The lowest BCUT2D eigenvalue weighted by Gasteiger charge is -2.02. The highest BCUT2D eigenvalue weighted by Gasteiger charge is 2.12. The third-order valence-electron chi connectivity index (χ3n) is 4.77. The molecule has 0 spiro atoms. The topological polar surface area (TPSA) is 117 Å². The Hall–Kier alpha value is -4.79. The van der Waals surface area contributed by atoms with Gasteiger partial charge in [-0.3, -0.25) is 5.43 Å². The van der Waals surface area contributed by atoms with Crippen LogP contribution in [0.25, 0.3) is 16.9 Å². The summed E-state index contributed by atoms with van der Waals surface area (Å²) in [5.41, 5.74) is 6.23. The first kappa shape index (κ1) is 21.4. The van der Waals surface area contributed by atoms with E-state index in [2.05, 4.69) is 15.6 Å². The third kappa shape index (κ3) is 4.93. The first-order valence-electron chi connectivity index (χ1n) is 9.72. The van der Waals surface area contributed by atoms with Crippen LogP contribution >= 0.6 is 0 Å². The lowest BCUT2D eigenvalue weighted by atomic mass is 10.1. The number of halogens is 1. The Labute approximate surface area is 187 Å². The van der Waals surface area contributed by atoms with Gasteiger partial charge in [-0.05, 0) is 72.8 Å². The molecule has 0 amide bonds. The average Bonchev–Trinajstić information content (AvgIpc) is 3.24. The SMILES string of the molecule is O=C(O)c1ccc(N/N=C/c2cn(-c3ccc(C(=O)O)cc3)nc2-c2ccc(F)cc2)cc1. The van der Waals surface area contributed by atoms with E-state index < -0.39 is 11.9 Å². The number of hydrogen-bond donors (Lipinski definition) is 3. The normalized spacial score (nSPS) is 10.9. The minimum absolute atomic E-state index is 0.157. The fraction of sp³-hybridized carbons (Fsp3) is 0. The molecule has 0 radical (unpaired) electrons. The molecule has 164 valence electrons. The smallest absolute Gasteiger partial charge is 0.335 e. The van der Waals surface area contributed by atoms with Crippen molar-refractivity contribution in [2.24, 2.45) is 5.10 Å². The number of nitrogens with zero attached hydrogens (tertiary/aromatic N) is 3. The first-order chi connectivity index (χ1) is 15.9. The Morgan fingerprint density at radius 1 is 0.879 bits per heavy atom. The molecule has 0 saturated heterocycles. The number of nitrogens with one attached hydrogen (secondary N) is 1. The molecule has 4 aromatic rings. The molecule has 0 atom stereocenters. The second-order valence-corrected chi connectivity index (χ2v) is 6.99. The minimum Gasteiger partial charge on any atom is -0.478 e. The molecular formula is C24H17FN4O4. The number of aromatic nitrogens is 2. The van der Waals surface area contributed by atoms with Crippen LogP contribution in [0, 0.1) is 5.82 Å². The molecule has 1 heterocycles. The summed E-state index contributed by atoms with van der Waals surface area (Å²) in [6, 6.07) is 18.2. The van der Waals surface area contributed by atoms with Crippen LogP contribution in [0.15, 0.2) is 84.1 Å². The van der Waals surface area contributed by atoms with Gasteiger partial charge < -0.3 is 10.2 Å². The summed E-state index contributed by atoms with van der Waals surface area (Å²) in [7, 11) is 0. The van der Waals surface area contributed by atoms with Gasteiger partial charge in [0.25, 0.3) is 0 Å². The molecule has 0 aliphatic carbocycles. The van der Waals surface area contributed by atoms with E-state index in [0.29, 0.717) is 28.2 Å². The molecule has 0 aliphatic rings. The maximum atomic E-state index is 13.4. The van der Waals surface area contributed by atoms with Crippen LogP contribution in [0.2, 0.25) is 0 Å². The van der Waals surface area contributed by atoms with Crippen molar-refractivity contribution in [3.8, 4) is 16.9 Å². The highest BCUT2D eigenvalue weighted by atomic mass is 19.1. The molecule has 0 fully saturated rings. The van der Waals surface area contributed by atoms with E-state index in [1.54, 1.807) is 53.5 Å². The van der Waals surface area contributed by atoms with Gasteiger partial charge in [0.2, 0.25) is 0 Å². The summed E-state index contributed by atoms with van der Waals surface area (Å²) in [4.78, 5) is 22.1. The number of hydrazone groups is 1. The number of benzene rings is 3.